The summed E-state index contributed by atoms with van der Waals surface area (Å²) < 4.78 is 5.21. The Morgan fingerprint density at radius 3 is 2.69 bits per heavy atom. The minimum Gasteiger partial charge on any atom is -0.339 e. The number of rotatable bonds is 4. The third-order valence-electron chi connectivity index (χ3n) is 5.31. The minimum absolute atomic E-state index is 0.0413. The summed E-state index contributed by atoms with van der Waals surface area (Å²) in [7, 11) is 0. The van der Waals surface area contributed by atoms with Crippen LogP contribution in [0, 0.1) is 13.8 Å². The summed E-state index contributed by atoms with van der Waals surface area (Å²) in [6.07, 6.45) is 0.812. The molecule has 0 radical (unpaired) electrons. The molecule has 1 aromatic heterocycles. The highest BCUT2D eigenvalue weighted by atomic mass is 16.5. The summed E-state index contributed by atoms with van der Waals surface area (Å²) in [5.41, 5.74) is 2.19. The lowest BCUT2D eigenvalue weighted by atomic mass is 10.0. The highest BCUT2D eigenvalue weighted by Gasteiger charge is 2.43. The van der Waals surface area contributed by atoms with Crippen LogP contribution in [0.25, 0.3) is 0 Å². The van der Waals surface area contributed by atoms with Crippen molar-refractivity contribution in [2.24, 2.45) is 0 Å². The number of hydrogen-bond acceptors (Lipinski definition) is 5. The van der Waals surface area contributed by atoms with Gasteiger partial charge in [0, 0.05) is 26.1 Å². The lowest BCUT2D eigenvalue weighted by Gasteiger charge is -2.44. The van der Waals surface area contributed by atoms with E-state index in [0.717, 1.165) is 11.1 Å². The van der Waals surface area contributed by atoms with Gasteiger partial charge in [-0.2, -0.15) is 4.98 Å². The van der Waals surface area contributed by atoms with Gasteiger partial charge in [-0.3, -0.25) is 9.59 Å². The molecule has 26 heavy (non-hydrogen) atoms. The van der Waals surface area contributed by atoms with Crippen molar-refractivity contribution in [1.29, 1.82) is 0 Å². The standard InChI is InChI=1S/C19H22N4O3/c1-12-5-3-4-6-14(12)7-17(24)22-10-16(11-22)23-9-15(8-18(23)25)19-20-13(2)21-26-19/h3-6,15-16H,7-11H2,1-2H3. The van der Waals surface area contributed by atoms with E-state index in [9.17, 15) is 9.59 Å². The van der Waals surface area contributed by atoms with Gasteiger partial charge in [0.2, 0.25) is 17.7 Å². The molecule has 2 aromatic rings. The number of aromatic nitrogens is 2. The molecule has 2 saturated heterocycles. The predicted molar refractivity (Wildman–Crippen MR) is 93.4 cm³/mol. The van der Waals surface area contributed by atoms with Crippen LogP contribution in [0.5, 0.6) is 0 Å². The number of hydrogen-bond donors (Lipinski definition) is 0. The summed E-state index contributed by atoms with van der Waals surface area (Å²) in [4.78, 5) is 32.7. The number of carbonyl (C=O) groups excluding carboxylic acids is 2. The Kier molecular flexibility index (Phi) is 4.22. The van der Waals surface area contributed by atoms with Crippen LogP contribution in [0.2, 0.25) is 0 Å². The van der Waals surface area contributed by atoms with Gasteiger partial charge in [-0.25, -0.2) is 0 Å². The van der Waals surface area contributed by atoms with Crippen molar-refractivity contribution in [2.45, 2.75) is 38.6 Å². The Balaban J connectivity index is 1.32. The van der Waals surface area contributed by atoms with Gasteiger partial charge < -0.3 is 14.3 Å². The van der Waals surface area contributed by atoms with Gasteiger partial charge >= 0.3 is 0 Å². The fraction of sp³-hybridized carbons (Fsp3) is 0.474. The number of amides is 2. The zero-order valence-electron chi connectivity index (χ0n) is 15.0. The van der Waals surface area contributed by atoms with Gasteiger partial charge in [0.05, 0.1) is 18.4 Å². The third kappa shape index (κ3) is 3.09. The molecule has 1 aromatic carbocycles. The molecule has 0 spiro atoms. The Hall–Kier alpha value is -2.70. The zero-order chi connectivity index (χ0) is 18.3. The lowest BCUT2D eigenvalue weighted by Crippen LogP contribution is -2.61. The average Bonchev–Trinajstić information content (AvgIpc) is 3.15. The molecule has 7 nitrogen and oxygen atoms in total. The number of nitrogens with zero attached hydrogens (tertiary/aromatic N) is 4. The Morgan fingerprint density at radius 1 is 1.23 bits per heavy atom. The van der Waals surface area contributed by atoms with E-state index >= 15 is 0 Å². The van der Waals surface area contributed by atoms with Gasteiger partial charge in [-0.1, -0.05) is 29.4 Å². The monoisotopic (exact) mass is 354 g/mol. The number of carbonyl (C=O) groups is 2. The maximum atomic E-state index is 12.5. The first-order chi connectivity index (χ1) is 12.5. The van der Waals surface area contributed by atoms with E-state index in [0.29, 0.717) is 44.2 Å². The van der Waals surface area contributed by atoms with E-state index < -0.39 is 0 Å². The molecule has 3 heterocycles. The largest absolute Gasteiger partial charge is 0.339 e. The summed E-state index contributed by atoms with van der Waals surface area (Å²) in [5, 5.41) is 3.80. The van der Waals surface area contributed by atoms with Crippen molar-refractivity contribution in [3.8, 4) is 0 Å². The molecule has 0 aliphatic carbocycles. The highest BCUT2D eigenvalue weighted by molar-refractivity contribution is 5.82. The van der Waals surface area contributed by atoms with Crippen LogP contribution < -0.4 is 0 Å². The van der Waals surface area contributed by atoms with Crippen molar-refractivity contribution < 1.29 is 14.1 Å². The second kappa shape index (κ2) is 6.55. The first-order valence-corrected chi connectivity index (χ1v) is 8.93. The number of likely N-dealkylation sites (tertiary alicyclic amines) is 2. The number of benzene rings is 1. The van der Waals surface area contributed by atoms with Crippen LogP contribution in [0.15, 0.2) is 28.8 Å². The summed E-state index contributed by atoms with van der Waals surface area (Å²) >= 11 is 0. The van der Waals surface area contributed by atoms with Crippen LogP contribution in [-0.2, 0) is 16.0 Å². The maximum absolute atomic E-state index is 12.5. The third-order valence-corrected chi connectivity index (χ3v) is 5.31. The molecule has 1 unspecified atom stereocenters. The van der Waals surface area contributed by atoms with E-state index in [-0.39, 0.29) is 23.8 Å². The Labute approximate surface area is 152 Å². The minimum atomic E-state index is -0.0413. The van der Waals surface area contributed by atoms with Gasteiger partial charge in [-0.15, -0.1) is 0 Å². The van der Waals surface area contributed by atoms with E-state index in [1.54, 1.807) is 6.92 Å². The van der Waals surface area contributed by atoms with Crippen molar-refractivity contribution in [3.05, 3.63) is 47.1 Å². The van der Waals surface area contributed by atoms with Crippen LogP contribution >= 0.6 is 0 Å². The molecular weight excluding hydrogens is 332 g/mol. The molecule has 4 rings (SSSR count). The molecule has 2 amide bonds. The second-order valence-corrected chi connectivity index (χ2v) is 7.18. The fourth-order valence-corrected chi connectivity index (χ4v) is 3.67. The van der Waals surface area contributed by atoms with E-state index in [4.69, 9.17) is 4.52 Å². The Morgan fingerprint density at radius 2 is 2.00 bits per heavy atom. The molecule has 2 fully saturated rings. The van der Waals surface area contributed by atoms with Crippen LogP contribution in [0.3, 0.4) is 0 Å². The molecular formula is C19H22N4O3. The molecule has 2 aliphatic heterocycles. The van der Waals surface area contributed by atoms with Crippen molar-refractivity contribution >= 4 is 11.8 Å². The van der Waals surface area contributed by atoms with E-state index in [1.807, 2.05) is 41.0 Å². The molecule has 2 aliphatic rings. The predicted octanol–water partition coefficient (Wildman–Crippen LogP) is 1.46. The SMILES string of the molecule is Cc1noc(C2CC(=O)N(C3CN(C(=O)Cc4ccccc4C)C3)C2)n1. The van der Waals surface area contributed by atoms with Crippen molar-refractivity contribution in [3.63, 3.8) is 0 Å². The van der Waals surface area contributed by atoms with E-state index in [1.165, 1.54) is 0 Å². The topological polar surface area (TPSA) is 79.5 Å². The molecule has 0 bridgehead atoms. The van der Waals surface area contributed by atoms with E-state index in [2.05, 4.69) is 10.1 Å². The quantitative estimate of drug-likeness (QED) is 0.830. The van der Waals surface area contributed by atoms with Gasteiger partial charge in [-0.05, 0) is 25.0 Å². The van der Waals surface area contributed by atoms with Crippen molar-refractivity contribution in [2.75, 3.05) is 19.6 Å². The summed E-state index contributed by atoms with van der Waals surface area (Å²) in [6, 6.07) is 8.03. The van der Waals surface area contributed by atoms with Crippen molar-refractivity contribution in [1.82, 2.24) is 19.9 Å². The first kappa shape index (κ1) is 16.8. The number of aryl methyl sites for hydroxylation is 2. The highest BCUT2D eigenvalue weighted by Crippen LogP contribution is 2.31. The molecule has 0 N–H and O–H groups in total. The smallest absolute Gasteiger partial charge is 0.232 e. The average molecular weight is 354 g/mol. The normalized spacial score (nSPS) is 20.5. The summed E-state index contributed by atoms with van der Waals surface area (Å²) in [5.74, 6) is 1.29. The summed E-state index contributed by atoms with van der Waals surface area (Å²) in [6.45, 7) is 5.58. The molecule has 0 saturated carbocycles. The zero-order valence-corrected chi connectivity index (χ0v) is 15.0. The molecule has 7 heteroatoms. The maximum Gasteiger partial charge on any atom is 0.232 e. The first-order valence-electron chi connectivity index (χ1n) is 8.93. The van der Waals surface area contributed by atoms with Gasteiger partial charge in [0.15, 0.2) is 5.82 Å². The second-order valence-electron chi connectivity index (χ2n) is 7.18. The van der Waals surface area contributed by atoms with Gasteiger partial charge in [0.25, 0.3) is 0 Å². The van der Waals surface area contributed by atoms with Crippen LogP contribution in [-0.4, -0.2) is 57.4 Å². The van der Waals surface area contributed by atoms with Gasteiger partial charge in [0.1, 0.15) is 0 Å². The van der Waals surface area contributed by atoms with Crippen LogP contribution in [0.1, 0.15) is 35.2 Å². The fourth-order valence-electron chi connectivity index (χ4n) is 3.67. The molecule has 1 atom stereocenters. The molecule has 136 valence electrons. The Bertz CT molecular complexity index is 841. The lowest BCUT2D eigenvalue weighted by molar-refractivity contribution is -0.143. The van der Waals surface area contributed by atoms with Crippen LogP contribution in [0.4, 0.5) is 0 Å².